The van der Waals surface area contributed by atoms with Crippen molar-refractivity contribution in [3.63, 3.8) is 0 Å². The van der Waals surface area contributed by atoms with Gasteiger partial charge in [0.15, 0.2) is 0 Å². The van der Waals surface area contributed by atoms with Gasteiger partial charge in [0.25, 0.3) is 5.91 Å². The molecule has 3 aromatic rings. The number of carbonyl (C=O) groups is 1. The number of anilines is 1. The molecule has 246 valence electrons. The van der Waals surface area contributed by atoms with Gasteiger partial charge in [-0.05, 0) is 68.5 Å². The third kappa shape index (κ3) is 10.5. The molecule has 1 aliphatic heterocycles. The van der Waals surface area contributed by atoms with Crippen molar-refractivity contribution in [2.45, 2.75) is 64.3 Å². The van der Waals surface area contributed by atoms with E-state index < -0.39 is 35.2 Å². The number of benzene rings is 3. The Balaban J connectivity index is 1.51. The molecule has 0 aromatic heterocycles. The first-order chi connectivity index (χ1) is 21.3. The summed E-state index contributed by atoms with van der Waals surface area (Å²) < 4.78 is 70.7. The molecule has 4 rings (SSSR count). The van der Waals surface area contributed by atoms with Crippen LogP contribution < -0.4 is 24.4 Å². The van der Waals surface area contributed by atoms with Crippen LogP contribution in [0.5, 0.6) is 11.5 Å². The Labute approximate surface area is 262 Å². The molecule has 0 saturated carbocycles. The second kappa shape index (κ2) is 15.2. The number of ether oxygens (including phenoxy) is 2. The fraction of sp³-hybridized carbons (Fsp3) is 0.406. The minimum absolute atomic E-state index is 0.0264. The molecule has 1 amide bonds. The Kier molecular flexibility index (Phi) is 11.6. The van der Waals surface area contributed by atoms with Gasteiger partial charge in [-0.15, -0.1) is 23.9 Å². The Morgan fingerprint density at radius 2 is 1.71 bits per heavy atom. The highest BCUT2D eigenvalue weighted by Crippen LogP contribution is 2.50. The average molecular weight is 652 g/mol. The first-order valence-corrected chi connectivity index (χ1v) is 16.4. The zero-order valence-corrected chi connectivity index (χ0v) is 26.0. The molecule has 0 aliphatic carbocycles. The minimum atomic E-state index is -4.80. The van der Waals surface area contributed by atoms with E-state index in [4.69, 9.17) is 4.74 Å². The van der Waals surface area contributed by atoms with E-state index in [0.717, 1.165) is 12.0 Å². The topological polar surface area (TPSA) is 124 Å². The normalized spacial score (nSPS) is 17.0. The van der Waals surface area contributed by atoms with Crippen LogP contribution in [0.2, 0.25) is 0 Å². The van der Waals surface area contributed by atoms with E-state index in [2.05, 4.69) is 15.4 Å². The number of aliphatic hydroxyl groups excluding tert-OH is 1. The minimum Gasteiger partial charge on any atom is -0.491 e. The van der Waals surface area contributed by atoms with Gasteiger partial charge in [-0.1, -0.05) is 42.5 Å². The fourth-order valence-electron chi connectivity index (χ4n) is 5.07. The van der Waals surface area contributed by atoms with E-state index in [9.17, 15) is 32.2 Å². The van der Waals surface area contributed by atoms with Crippen molar-refractivity contribution in [1.82, 2.24) is 10.6 Å². The van der Waals surface area contributed by atoms with Gasteiger partial charge in [0, 0.05) is 31.3 Å². The van der Waals surface area contributed by atoms with E-state index in [0.29, 0.717) is 36.4 Å². The molecule has 2 atom stereocenters. The third-order valence-electron chi connectivity index (χ3n) is 7.09. The third-order valence-corrected chi connectivity index (χ3v) is 9.03. The summed E-state index contributed by atoms with van der Waals surface area (Å²) in [5.41, 5.74) is 2.07. The quantitative estimate of drug-likeness (QED) is 0.150. The van der Waals surface area contributed by atoms with Crippen LogP contribution in [0.25, 0.3) is 0 Å². The van der Waals surface area contributed by atoms with E-state index in [-0.39, 0.29) is 36.3 Å². The molecule has 0 unspecified atom stereocenters. The van der Waals surface area contributed by atoms with Gasteiger partial charge in [-0.2, -0.15) is 0 Å². The number of rotatable bonds is 13. The number of aliphatic hydroxyl groups is 1. The molecular weight excluding hydrogens is 611 g/mol. The first-order valence-electron chi connectivity index (χ1n) is 14.7. The van der Waals surface area contributed by atoms with Crippen LogP contribution in [-0.2, 0) is 13.0 Å². The van der Waals surface area contributed by atoms with Gasteiger partial charge < -0.3 is 25.2 Å². The van der Waals surface area contributed by atoms with E-state index in [1.54, 1.807) is 24.3 Å². The number of hydrogen-bond acceptors (Lipinski definition) is 8. The fourth-order valence-corrected chi connectivity index (χ4v) is 6.74. The lowest BCUT2D eigenvalue weighted by Crippen LogP contribution is -2.48. The Bertz CT molecular complexity index is 1410. The molecule has 1 saturated heterocycles. The SMILES string of the molecule is CC(C)Oc1cc(C(=O)N[C@@H](Cc2ccccc2)[C@H](O)CNCc2cccc(OC(F)(F)F)c2)cc(N2CCCCS2(O)O)c1. The predicted octanol–water partition coefficient (Wildman–Crippen LogP) is 6.13. The van der Waals surface area contributed by atoms with Crippen LogP contribution in [0.1, 0.15) is 48.2 Å². The monoisotopic (exact) mass is 651 g/mol. The molecule has 9 nitrogen and oxygen atoms in total. The number of halogens is 3. The van der Waals surface area contributed by atoms with Crippen molar-refractivity contribution < 1.29 is 41.7 Å². The molecule has 45 heavy (non-hydrogen) atoms. The van der Waals surface area contributed by atoms with Gasteiger partial charge in [-0.3, -0.25) is 18.2 Å². The summed E-state index contributed by atoms with van der Waals surface area (Å²) in [4.78, 5) is 13.7. The standard InChI is InChI=1S/C32H40F3N3O6S/c1-22(2)43-28-18-25(17-26(19-28)38-13-6-7-14-45(38,41)42)31(40)37-29(16-23-9-4-3-5-10-23)30(39)21-36-20-24-11-8-12-27(15-24)44-32(33,34)35/h3-5,8-12,15,17-19,22,29-30,36,39,41-42H,6-7,13-14,16,20-21H2,1-2H3,(H,37,40)/t29-,30+/m0/s1. The van der Waals surface area contributed by atoms with Crippen molar-refractivity contribution in [1.29, 1.82) is 0 Å². The summed E-state index contributed by atoms with van der Waals surface area (Å²) in [6, 6.07) is 19.0. The first kappa shape index (κ1) is 34.4. The number of hydrogen-bond donors (Lipinski definition) is 5. The number of carbonyl (C=O) groups excluding carboxylic acids is 1. The van der Waals surface area contributed by atoms with Crippen LogP contribution in [0.3, 0.4) is 0 Å². The highest BCUT2D eigenvalue weighted by atomic mass is 32.3. The number of amides is 1. The van der Waals surface area contributed by atoms with Gasteiger partial charge in [0.05, 0.1) is 29.7 Å². The van der Waals surface area contributed by atoms with E-state index in [1.807, 2.05) is 44.2 Å². The van der Waals surface area contributed by atoms with E-state index >= 15 is 0 Å². The molecular formula is C32H40F3N3O6S. The summed E-state index contributed by atoms with van der Waals surface area (Å²) in [5, 5.41) is 17.2. The molecule has 3 aromatic carbocycles. The van der Waals surface area contributed by atoms with Gasteiger partial charge in [-0.25, -0.2) is 0 Å². The van der Waals surface area contributed by atoms with Crippen molar-refractivity contribution in [3.8, 4) is 11.5 Å². The van der Waals surface area contributed by atoms with Crippen LogP contribution in [0.4, 0.5) is 18.9 Å². The molecule has 5 N–H and O–H groups in total. The van der Waals surface area contributed by atoms with E-state index in [1.165, 1.54) is 22.5 Å². The number of nitrogens with one attached hydrogen (secondary N) is 2. The van der Waals surface area contributed by atoms with Crippen LogP contribution in [0.15, 0.2) is 72.8 Å². The summed E-state index contributed by atoms with van der Waals surface area (Å²) in [6.45, 7) is 4.29. The maximum atomic E-state index is 13.7. The Morgan fingerprint density at radius 1 is 0.978 bits per heavy atom. The van der Waals surface area contributed by atoms with Crippen LogP contribution in [0, 0.1) is 0 Å². The average Bonchev–Trinajstić information content (AvgIpc) is 2.96. The summed E-state index contributed by atoms with van der Waals surface area (Å²) in [7, 11) is -3.05. The zero-order valence-electron chi connectivity index (χ0n) is 25.2. The Hall–Kier alpha value is -3.49. The zero-order chi connectivity index (χ0) is 32.6. The van der Waals surface area contributed by atoms with Gasteiger partial charge in [0.2, 0.25) is 0 Å². The smallest absolute Gasteiger partial charge is 0.491 e. The maximum absolute atomic E-state index is 13.7. The molecule has 0 radical (unpaired) electrons. The lowest BCUT2D eigenvalue weighted by Gasteiger charge is -2.47. The second-order valence-corrected chi connectivity index (χ2v) is 13.3. The maximum Gasteiger partial charge on any atom is 0.573 e. The largest absolute Gasteiger partial charge is 0.573 e. The molecule has 0 spiro atoms. The molecule has 1 fully saturated rings. The molecule has 0 bridgehead atoms. The second-order valence-electron chi connectivity index (χ2n) is 11.2. The van der Waals surface area contributed by atoms with Crippen molar-refractivity contribution in [2.24, 2.45) is 0 Å². The summed E-state index contributed by atoms with van der Waals surface area (Å²) >= 11 is 0. The Morgan fingerprint density at radius 3 is 2.40 bits per heavy atom. The van der Waals surface area contributed by atoms with Crippen molar-refractivity contribution in [2.75, 3.05) is 23.1 Å². The molecule has 13 heteroatoms. The summed E-state index contributed by atoms with van der Waals surface area (Å²) in [5.74, 6) is -0.199. The summed E-state index contributed by atoms with van der Waals surface area (Å²) in [6.07, 6.45) is -4.32. The van der Waals surface area contributed by atoms with Crippen LogP contribution in [-0.4, -0.2) is 63.6 Å². The highest BCUT2D eigenvalue weighted by Gasteiger charge is 2.31. The lowest BCUT2D eigenvalue weighted by atomic mass is 10.00. The predicted molar refractivity (Wildman–Crippen MR) is 169 cm³/mol. The van der Waals surface area contributed by atoms with Gasteiger partial charge in [0.1, 0.15) is 11.5 Å². The highest BCUT2D eigenvalue weighted by molar-refractivity contribution is 8.25. The molecule has 1 aliphatic rings. The molecule has 1 heterocycles. The van der Waals surface area contributed by atoms with Crippen molar-refractivity contribution >= 4 is 22.4 Å². The number of nitrogens with zero attached hydrogens (tertiary/aromatic N) is 1. The van der Waals surface area contributed by atoms with Gasteiger partial charge >= 0.3 is 6.36 Å². The lowest BCUT2D eigenvalue weighted by molar-refractivity contribution is -0.274. The van der Waals surface area contributed by atoms with Crippen LogP contribution >= 0.6 is 10.8 Å². The number of alkyl halides is 3. The van der Waals surface area contributed by atoms with Crippen molar-refractivity contribution in [3.05, 3.63) is 89.5 Å².